The Morgan fingerprint density at radius 1 is 1.55 bits per heavy atom. The molecule has 0 saturated carbocycles. The van der Waals surface area contributed by atoms with Crippen LogP contribution in [0.25, 0.3) is 0 Å². The fourth-order valence-corrected chi connectivity index (χ4v) is 0.487. The lowest BCUT2D eigenvalue weighted by atomic mass is 10.1. The maximum absolute atomic E-state index is 10.00. The Kier molecular flexibility index (Phi) is 4.81. The minimum atomic E-state index is -1.67. The number of ether oxygens (including phenoxy) is 1. The van der Waals surface area contributed by atoms with Gasteiger partial charge < -0.3 is 14.9 Å². The molecule has 1 unspecified atom stereocenters. The van der Waals surface area contributed by atoms with E-state index in [9.17, 15) is 4.79 Å². The number of carboxylic acids is 1. The molecule has 0 rings (SSSR count). The number of carboxylic acid groups (broad SMARTS) is 1. The summed E-state index contributed by atoms with van der Waals surface area (Å²) in [6.07, 6.45) is -0.918. The van der Waals surface area contributed by atoms with Crippen LogP contribution in [0.3, 0.4) is 0 Å². The fourth-order valence-electron chi connectivity index (χ4n) is 0.487. The number of hydrogen-bond donors (Lipinski definition) is 2. The summed E-state index contributed by atoms with van der Waals surface area (Å²) >= 11 is 0. The molecule has 0 aliphatic heterocycles. The summed E-state index contributed by atoms with van der Waals surface area (Å²) in [6.45, 7) is 4.28. The van der Waals surface area contributed by atoms with Gasteiger partial charge in [0.05, 0.1) is 6.61 Å². The van der Waals surface area contributed by atoms with Crippen molar-refractivity contribution < 1.29 is 19.7 Å². The molecule has 0 amide bonds. The smallest absolute Gasteiger partial charge is 0.360 e. The molecule has 0 aromatic rings. The number of rotatable bonds is 5. The third kappa shape index (κ3) is 5.82. The SMILES string of the molecule is CC(C)CCOC(O)C(=O)O. The highest BCUT2D eigenvalue weighted by atomic mass is 16.6. The molecule has 0 heterocycles. The maximum Gasteiger partial charge on any atom is 0.360 e. The van der Waals surface area contributed by atoms with Crippen molar-refractivity contribution in [2.75, 3.05) is 6.61 Å². The standard InChI is InChI=1S/C7H14O4/c1-5(2)3-4-11-7(10)6(8)9/h5,7,10H,3-4H2,1-2H3,(H,8,9). The second-order valence-corrected chi connectivity index (χ2v) is 2.74. The van der Waals surface area contributed by atoms with Gasteiger partial charge in [-0.2, -0.15) is 0 Å². The van der Waals surface area contributed by atoms with Gasteiger partial charge in [0.15, 0.2) is 0 Å². The molecule has 0 aliphatic carbocycles. The molecule has 0 bridgehead atoms. The maximum atomic E-state index is 10.00. The first-order valence-electron chi connectivity index (χ1n) is 3.56. The molecule has 0 saturated heterocycles. The molecule has 0 aromatic heterocycles. The first-order chi connectivity index (χ1) is 5.04. The lowest BCUT2D eigenvalue weighted by Gasteiger charge is -2.08. The molecule has 4 heteroatoms. The molecule has 0 aliphatic rings. The second-order valence-electron chi connectivity index (χ2n) is 2.74. The first-order valence-corrected chi connectivity index (χ1v) is 3.56. The average molecular weight is 162 g/mol. The molecule has 1 atom stereocenters. The van der Waals surface area contributed by atoms with Crippen LogP contribution in [0.1, 0.15) is 20.3 Å². The molecule has 4 nitrogen and oxygen atoms in total. The minimum Gasteiger partial charge on any atom is -0.477 e. The highest BCUT2D eigenvalue weighted by Gasteiger charge is 2.12. The van der Waals surface area contributed by atoms with Crippen molar-refractivity contribution in [2.45, 2.75) is 26.6 Å². The molecule has 0 radical (unpaired) electrons. The zero-order valence-corrected chi connectivity index (χ0v) is 6.78. The van der Waals surface area contributed by atoms with Gasteiger partial charge in [0.1, 0.15) is 0 Å². The van der Waals surface area contributed by atoms with Crippen LogP contribution in [0.4, 0.5) is 0 Å². The molecule has 2 N–H and O–H groups in total. The van der Waals surface area contributed by atoms with E-state index in [4.69, 9.17) is 10.2 Å². The van der Waals surface area contributed by atoms with E-state index in [2.05, 4.69) is 4.74 Å². The number of aliphatic hydroxyl groups excluding tert-OH is 1. The van der Waals surface area contributed by atoms with Gasteiger partial charge in [-0.15, -0.1) is 0 Å². The van der Waals surface area contributed by atoms with Crippen molar-refractivity contribution in [1.82, 2.24) is 0 Å². The largest absolute Gasteiger partial charge is 0.477 e. The zero-order valence-electron chi connectivity index (χ0n) is 6.78. The molecule has 0 fully saturated rings. The lowest BCUT2D eigenvalue weighted by molar-refractivity contribution is -0.176. The van der Waals surface area contributed by atoms with Crippen molar-refractivity contribution in [1.29, 1.82) is 0 Å². The Labute approximate surface area is 65.8 Å². The molecular weight excluding hydrogens is 148 g/mol. The zero-order chi connectivity index (χ0) is 8.85. The van der Waals surface area contributed by atoms with Crippen LogP contribution in [-0.2, 0) is 9.53 Å². The van der Waals surface area contributed by atoms with Gasteiger partial charge in [0.25, 0.3) is 6.29 Å². The molecule has 66 valence electrons. The van der Waals surface area contributed by atoms with Crippen molar-refractivity contribution in [3.05, 3.63) is 0 Å². The van der Waals surface area contributed by atoms with E-state index in [-0.39, 0.29) is 6.61 Å². The number of aliphatic hydroxyl groups is 1. The third-order valence-electron chi connectivity index (χ3n) is 1.18. The normalized spacial score (nSPS) is 13.5. The van der Waals surface area contributed by atoms with Crippen LogP contribution >= 0.6 is 0 Å². The summed E-state index contributed by atoms with van der Waals surface area (Å²) in [5.41, 5.74) is 0. The monoisotopic (exact) mass is 162 g/mol. The van der Waals surface area contributed by atoms with Crippen molar-refractivity contribution in [2.24, 2.45) is 5.92 Å². The Hall–Kier alpha value is -0.610. The van der Waals surface area contributed by atoms with Crippen LogP contribution in [0.2, 0.25) is 0 Å². The third-order valence-corrected chi connectivity index (χ3v) is 1.18. The topological polar surface area (TPSA) is 66.8 Å². The number of aliphatic carboxylic acids is 1. The highest BCUT2D eigenvalue weighted by Crippen LogP contribution is 2.00. The van der Waals surface area contributed by atoms with Gasteiger partial charge in [0, 0.05) is 0 Å². The summed E-state index contributed by atoms with van der Waals surface area (Å²) < 4.78 is 4.57. The van der Waals surface area contributed by atoms with Crippen LogP contribution in [0.15, 0.2) is 0 Å². The summed E-state index contributed by atoms with van der Waals surface area (Å²) in [4.78, 5) is 10.00. The van der Waals surface area contributed by atoms with Gasteiger partial charge in [-0.25, -0.2) is 4.79 Å². The fraction of sp³-hybridized carbons (Fsp3) is 0.857. The van der Waals surface area contributed by atoms with Crippen molar-refractivity contribution in [3.63, 3.8) is 0 Å². The highest BCUT2D eigenvalue weighted by molar-refractivity contribution is 5.70. The van der Waals surface area contributed by atoms with E-state index in [1.807, 2.05) is 13.8 Å². The van der Waals surface area contributed by atoms with Gasteiger partial charge in [0.2, 0.25) is 0 Å². The van der Waals surface area contributed by atoms with Gasteiger partial charge >= 0.3 is 5.97 Å². The van der Waals surface area contributed by atoms with E-state index >= 15 is 0 Å². The predicted octanol–water partition coefficient (Wildman–Crippen LogP) is 0.452. The Morgan fingerprint density at radius 3 is 2.45 bits per heavy atom. The average Bonchev–Trinajstić information content (AvgIpc) is 1.86. The van der Waals surface area contributed by atoms with Gasteiger partial charge in [-0.3, -0.25) is 0 Å². The van der Waals surface area contributed by atoms with Gasteiger partial charge in [-0.05, 0) is 12.3 Å². The van der Waals surface area contributed by atoms with Crippen LogP contribution < -0.4 is 0 Å². The minimum absolute atomic E-state index is 0.283. The quantitative estimate of drug-likeness (QED) is 0.576. The number of hydrogen-bond acceptors (Lipinski definition) is 3. The van der Waals surface area contributed by atoms with E-state index in [0.29, 0.717) is 5.92 Å². The van der Waals surface area contributed by atoms with E-state index in [1.165, 1.54) is 0 Å². The van der Waals surface area contributed by atoms with Crippen LogP contribution in [0.5, 0.6) is 0 Å². The summed E-state index contributed by atoms with van der Waals surface area (Å²) in [6, 6.07) is 0. The first kappa shape index (κ1) is 10.4. The molecule has 0 spiro atoms. The second kappa shape index (κ2) is 5.09. The van der Waals surface area contributed by atoms with Crippen molar-refractivity contribution in [3.8, 4) is 0 Å². The van der Waals surface area contributed by atoms with E-state index in [0.717, 1.165) is 6.42 Å². The Bertz CT molecular complexity index is 122. The predicted molar refractivity (Wildman–Crippen MR) is 39.0 cm³/mol. The Morgan fingerprint density at radius 2 is 2.09 bits per heavy atom. The van der Waals surface area contributed by atoms with E-state index < -0.39 is 12.3 Å². The van der Waals surface area contributed by atoms with Gasteiger partial charge in [-0.1, -0.05) is 13.8 Å². The van der Waals surface area contributed by atoms with E-state index in [1.54, 1.807) is 0 Å². The summed E-state index contributed by atoms with van der Waals surface area (Å²) in [5, 5.41) is 16.8. The Balaban J connectivity index is 3.31. The van der Waals surface area contributed by atoms with Crippen molar-refractivity contribution >= 4 is 5.97 Å². The molecular formula is C7H14O4. The molecule has 11 heavy (non-hydrogen) atoms. The molecule has 0 aromatic carbocycles. The summed E-state index contributed by atoms with van der Waals surface area (Å²) in [5.74, 6) is -0.884. The lowest BCUT2D eigenvalue weighted by Crippen LogP contribution is -2.23. The summed E-state index contributed by atoms with van der Waals surface area (Å²) in [7, 11) is 0. The van der Waals surface area contributed by atoms with Crippen LogP contribution in [0, 0.1) is 5.92 Å². The number of carbonyl (C=O) groups is 1. The van der Waals surface area contributed by atoms with Crippen LogP contribution in [-0.4, -0.2) is 29.1 Å².